The summed E-state index contributed by atoms with van der Waals surface area (Å²) in [5.41, 5.74) is 10.00. The maximum Gasteiger partial charge on any atom is 0.159 e. The van der Waals surface area contributed by atoms with Gasteiger partial charge in [0.25, 0.3) is 0 Å². The molecule has 4 N–H and O–H groups in total. The van der Waals surface area contributed by atoms with Crippen LogP contribution in [0.1, 0.15) is 11.1 Å². The lowest BCUT2D eigenvalue weighted by atomic mass is 10.1. The predicted molar refractivity (Wildman–Crippen MR) is 102 cm³/mol. The van der Waals surface area contributed by atoms with Crippen molar-refractivity contribution in [3.8, 4) is 0 Å². The molecule has 0 saturated carbocycles. The lowest BCUT2D eigenvalue weighted by Crippen LogP contribution is -2.08. The average Bonchev–Trinajstić information content (AvgIpc) is 2.59. The Hall–Kier alpha value is -2.60. The van der Waals surface area contributed by atoms with Crippen molar-refractivity contribution in [3.05, 3.63) is 70.5 Å². The van der Waals surface area contributed by atoms with Crippen LogP contribution in [-0.2, 0) is 6.54 Å². The van der Waals surface area contributed by atoms with Crippen molar-refractivity contribution in [2.75, 3.05) is 16.4 Å². The largest absolute Gasteiger partial charge is 0.393 e. The molecule has 6 heteroatoms. The smallest absolute Gasteiger partial charge is 0.159 e. The van der Waals surface area contributed by atoms with Crippen LogP contribution in [0.4, 0.5) is 23.0 Å². The van der Waals surface area contributed by atoms with E-state index in [-0.39, 0.29) is 0 Å². The summed E-state index contributed by atoms with van der Waals surface area (Å²) in [4.78, 5) is 8.46. The molecule has 0 unspecified atom stereocenters. The fourth-order valence-corrected chi connectivity index (χ4v) is 2.46. The van der Waals surface area contributed by atoms with Crippen LogP contribution in [0.3, 0.4) is 0 Å². The predicted octanol–water partition coefficient (Wildman–Crippen LogP) is 4.49. The molecule has 0 aliphatic rings. The lowest BCUT2D eigenvalue weighted by Gasteiger charge is -2.12. The van der Waals surface area contributed by atoms with Gasteiger partial charge in [-0.05, 0) is 36.8 Å². The molecular weight excluding hydrogens is 366 g/mol. The molecule has 0 saturated heterocycles. The van der Waals surface area contributed by atoms with E-state index in [9.17, 15) is 0 Å². The number of hydrogen-bond donors (Lipinski definition) is 3. The fourth-order valence-electron chi connectivity index (χ4n) is 2.20. The van der Waals surface area contributed by atoms with Crippen LogP contribution in [0.25, 0.3) is 0 Å². The summed E-state index contributed by atoms with van der Waals surface area (Å²) < 4.78 is 1.02. The molecule has 2 aromatic carbocycles. The van der Waals surface area contributed by atoms with Crippen molar-refractivity contribution in [1.29, 1.82) is 0 Å². The Morgan fingerprint density at radius 3 is 2.33 bits per heavy atom. The van der Waals surface area contributed by atoms with Crippen molar-refractivity contribution in [1.82, 2.24) is 9.97 Å². The number of nitrogens with zero attached hydrogens (tertiary/aromatic N) is 2. The first-order valence-electron chi connectivity index (χ1n) is 7.54. The van der Waals surface area contributed by atoms with Gasteiger partial charge >= 0.3 is 0 Å². The minimum Gasteiger partial charge on any atom is -0.393 e. The summed E-state index contributed by atoms with van der Waals surface area (Å²) in [6.45, 7) is 2.72. The van der Waals surface area contributed by atoms with E-state index in [1.807, 2.05) is 24.3 Å². The molecule has 5 nitrogen and oxygen atoms in total. The molecular formula is C18H18BrN5. The number of nitrogen functional groups attached to an aromatic ring is 1. The highest BCUT2D eigenvalue weighted by atomic mass is 79.9. The van der Waals surface area contributed by atoms with Crippen LogP contribution >= 0.6 is 15.9 Å². The molecule has 122 valence electrons. The number of rotatable bonds is 5. The zero-order chi connectivity index (χ0) is 16.9. The van der Waals surface area contributed by atoms with E-state index in [2.05, 4.69) is 67.7 Å². The summed E-state index contributed by atoms with van der Waals surface area (Å²) in [5, 5.41) is 6.47. The molecule has 3 aromatic rings. The van der Waals surface area contributed by atoms with Crippen molar-refractivity contribution in [3.63, 3.8) is 0 Å². The van der Waals surface area contributed by atoms with E-state index in [1.54, 1.807) is 0 Å². The van der Waals surface area contributed by atoms with Crippen LogP contribution in [0, 0.1) is 6.92 Å². The normalized spacial score (nSPS) is 10.4. The minimum atomic E-state index is 0.493. The second-order valence-electron chi connectivity index (χ2n) is 5.46. The zero-order valence-corrected chi connectivity index (χ0v) is 14.8. The minimum absolute atomic E-state index is 0.493. The third-order valence-electron chi connectivity index (χ3n) is 3.57. The summed E-state index contributed by atoms with van der Waals surface area (Å²) in [5.74, 6) is 1.20. The van der Waals surface area contributed by atoms with Gasteiger partial charge in [-0.25, -0.2) is 9.97 Å². The Morgan fingerprint density at radius 2 is 1.62 bits per heavy atom. The second kappa shape index (κ2) is 7.31. The number of aryl methyl sites for hydroxylation is 1. The van der Waals surface area contributed by atoms with Gasteiger partial charge in [-0.3, -0.25) is 0 Å². The molecule has 0 atom stereocenters. The molecule has 24 heavy (non-hydrogen) atoms. The van der Waals surface area contributed by atoms with Gasteiger partial charge in [-0.1, -0.05) is 45.8 Å². The van der Waals surface area contributed by atoms with Crippen LogP contribution < -0.4 is 16.4 Å². The Balaban J connectivity index is 1.72. The quantitative estimate of drug-likeness (QED) is 0.605. The fraction of sp³-hybridized carbons (Fsp3) is 0.111. The molecule has 0 amide bonds. The number of nitrogens with two attached hydrogens (primary N) is 1. The van der Waals surface area contributed by atoms with Crippen LogP contribution in [0.5, 0.6) is 0 Å². The molecule has 1 aromatic heterocycles. The number of aromatic nitrogens is 2. The van der Waals surface area contributed by atoms with Gasteiger partial charge in [-0.15, -0.1) is 0 Å². The maximum atomic E-state index is 6.19. The molecule has 0 fully saturated rings. The first-order valence-corrected chi connectivity index (χ1v) is 8.33. The molecule has 3 rings (SSSR count). The SMILES string of the molecule is Cc1ccc(CNc2ncnc(Nc3ccc(Br)cc3)c2N)cc1. The molecule has 0 radical (unpaired) electrons. The van der Waals surface area contributed by atoms with E-state index >= 15 is 0 Å². The third kappa shape index (κ3) is 4.02. The monoisotopic (exact) mass is 383 g/mol. The number of hydrogen-bond acceptors (Lipinski definition) is 5. The standard InChI is InChI=1S/C18H18BrN5/c1-12-2-4-13(5-3-12)10-21-17-16(20)18(23-11-22-17)24-15-8-6-14(19)7-9-15/h2-9,11H,10,20H2,1H3,(H2,21,22,23,24). The van der Waals surface area contributed by atoms with E-state index in [4.69, 9.17) is 5.73 Å². The average molecular weight is 384 g/mol. The van der Waals surface area contributed by atoms with Crippen molar-refractivity contribution < 1.29 is 0 Å². The summed E-state index contributed by atoms with van der Waals surface area (Å²) >= 11 is 3.42. The highest BCUT2D eigenvalue weighted by molar-refractivity contribution is 9.10. The third-order valence-corrected chi connectivity index (χ3v) is 4.10. The number of halogens is 1. The van der Waals surface area contributed by atoms with Gasteiger partial charge < -0.3 is 16.4 Å². The van der Waals surface area contributed by atoms with Crippen LogP contribution in [-0.4, -0.2) is 9.97 Å². The Labute approximate surface area is 149 Å². The Bertz CT molecular complexity index is 816. The molecule has 0 bridgehead atoms. The number of benzene rings is 2. The first-order chi connectivity index (χ1) is 11.6. The van der Waals surface area contributed by atoms with E-state index in [0.717, 1.165) is 10.2 Å². The summed E-state index contributed by atoms with van der Waals surface area (Å²) in [6.07, 6.45) is 1.50. The van der Waals surface area contributed by atoms with E-state index in [0.29, 0.717) is 23.9 Å². The summed E-state index contributed by atoms with van der Waals surface area (Å²) in [7, 11) is 0. The van der Waals surface area contributed by atoms with Crippen molar-refractivity contribution >= 4 is 38.9 Å². The summed E-state index contributed by atoms with van der Waals surface area (Å²) in [6, 6.07) is 16.1. The highest BCUT2D eigenvalue weighted by Gasteiger charge is 2.08. The van der Waals surface area contributed by atoms with Crippen molar-refractivity contribution in [2.24, 2.45) is 0 Å². The van der Waals surface area contributed by atoms with Crippen LogP contribution in [0.15, 0.2) is 59.3 Å². The topological polar surface area (TPSA) is 75.9 Å². The van der Waals surface area contributed by atoms with Gasteiger partial charge in [-0.2, -0.15) is 0 Å². The molecule has 0 aliphatic heterocycles. The number of nitrogens with one attached hydrogen (secondary N) is 2. The van der Waals surface area contributed by atoms with Gasteiger partial charge in [0.1, 0.15) is 12.0 Å². The van der Waals surface area contributed by atoms with Crippen molar-refractivity contribution in [2.45, 2.75) is 13.5 Å². The van der Waals surface area contributed by atoms with Gasteiger partial charge in [0.15, 0.2) is 11.6 Å². The Kier molecular flexibility index (Phi) is 4.96. The van der Waals surface area contributed by atoms with Gasteiger partial charge in [0, 0.05) is 16.7 Å². The van der Waals surface area contributed by atoms with E-state index in [1.165, 1.54) is 17.5 Å². The zero-order valence-electron chi connectivity index (χ0n) is 13.3. The van der Waals surface area contributed by atoms with E-state index < -0.39 is 0 Å². The molecule has 1 heterocycles. The van der Waals surface area contributed by atoms with Gasteiger partial charge in [0.05, 0.1) is 0 Å². The second-order valence-corrected chi connectivity index (χ2v) is 6.37. The lowest BCUT2D eigenvalue weighted by molar-refractivity contribution is 1.08. The van der Waals surface area contributed by atoms with Crippen LogP contribution in [0.2, 0.25) is 0 Å². The number of anilines is 4. The molecule has 0 spiro atoms. The van der Waals surface area contributed by atoms with Gasteiger partial charge in [0.2, 0.25) is 0 Å². The maximum absolute atomic E-state index is 6.19. The first kappa shape index (κ1) is 16.3. The highest BCUT2D eigenvalue weighted by Crippen LogP contribution is 2.26. The molecule has 0 aliphatic carbocycles. The Morgan fingerprint density at radius 1 is 0.958 bits per heavy atom.